The summed E-state index contributed by atoms with van der Waals surface area (Å²) in [6.07, 6.45) is -1.23. The van der Waals surface area contributed by atoms with Gasteiger partial charge in [-0.05, 0) is 28.2 Å². The summed E-state index contributed by atoms with van der Waals surface area (Å²) in [6.45, 7) is 0. The van der Waals surface area contributed by atoms with Gasteiger partial charge in [-0.2, -0.15) is 0 Å². The predicted molar refractivity (Wildman–Crippen MR) is 59.6 cm³/mol. The monoisotopic (exact) mass is 381 g/mol. The summed E-state index contributed by atoms with van der Waals surface area (Å²) in [4.78, 5) is 3.58. The SMILES string of the molecule is FC(F)c1ncc(I)c(CBr)c1Cl. The van der Waals surface area contributed by atoms with E-state index in [0.29, 0.717) is 10.9 Å². The van der Waals surface area contributed by atoms with Crippen LogP contribution in [-0.2, 0) is 5.33 Å². The van der Waals surface area contributed by atoms with Gasteiger partial charge in [0.25, 0.3) is 6.43 Å². The zero-order valence-corrected chi connectivity index (χ0v) is 10.7. The van der Waals surface area contributed by atoms with E-state index >= 15 is 0 Å². The van der Waals surface area contributed by atoms with Gasteiger partial charge in [-0.3, -0.25) is 4.98 Å². The first kappa shape index (κ1) is 11.6. The molecule has 0 spiro atoms. The molecule has 0 amide bonds. The number of hydrogen-bond donors (Lipinski definition) is 0. The van der Waals surface area contributed by atoms with Crippen molar-refractivity contribution < 1.29 is 8.78 Å². The fourth-order valence-electron chi connectivity index (χ4n) is 0.795. The van der Waals surface area contributed by atoms with Gasteiger partial charge in [0.05, 0.1) is 5.02 Å². The summed E-state index contributed by atoms with van der Waals surface area (Å²) < 4.78 is 25.4. The molecule has 1 nitrogen and oxygen atoms in total. The smallest absolute Gasteiger partial charge is 0.253 e. The number of aromatic nitrogens is 1. The third kappa shape index (κ3) is 2.50. The van der Waals surface area contributed by atoms with Gasteiger partial charge in [-0.25, -0.2) is 8.78 Å². The quantitative estimate of drug-likeness (QED) is 0.553. The molecular formula is C7H4BrClF2IN. The fraction of sp³-hybridized carbons (Fsp3) is 0.286. The van der Waals surface area contributed by atoms with E-state index in [0.717, 1.165) is 3.57 Å². The van der Waals surface area contributed by atoms with E-state index in [1.807, 2.05) is 22.6 Å². The Morgan fingerprint density at radius 3 is 2.69 bits per heavy atom. The predicted octanol–water partition coefficient (Wildman–Crippen LogP) is 4.17. The second-order valence-electron chi connectivity index (χ2n) is 2.22. The van der Waals surface area contributed by atoms with Crippen molar-refractivity contribution >= 4 is 50.1 Å². The summed E-state index contributed by atoms with van der Waals surface area (Å²) in [5.74, 6) is 0. The van der Waals surface area contributed by atoms with Gasteiger partial charge >= 0.3 is 0 Å². The van der Waals surface area contributed by atoms with E-state index in [4.69, 9.17) is 11.6 Å². The molecule has 0 bridgehead atoms. The third-order valence-electron chi connectivity index (χ3n) is 1.44. The van der Waals surface area contributed by atoms with E-state index in [9.17, 15) is 8.78 Å². The van der Waals surface area contributed by atoms with Gasteiger partial charge in [0.1, 0.15) is 5.69 Å². The van der Waals surface area contributed by atoms with Crippen molar-refractivity contribution in [1.29, 1.82) is 0 Å². The highest BCUT2D eigenvalue weighted by atomic mass is 127. The highest BCUT2D eigenvalue weighted by Gasteiger charge is 2.17. The molecule has 72 valence electrons. The molecular weight excluding hydrogens is 378 g/mol. The number of hydrogen-bond acceptors (Lipinski definition) is 1. The molecule has 0 saturated heterocycles. The van der Waals surface area contributed by atoms with Gasteiger partial charge in [0.2, 0.25) is 0 Å². The van der Waals surface area contributed by atoms with E-state index in [2.05, 4.69) is 20.9 Å². The van der Waals surface area contributed by atoms with Crippen molar-refractivity contribution in [1.82, 2.24) is 4.98 Å². The van der Waals surface area contributed by atoms with E-state index < -0.39 is 6.43 Å². The molecule has 13 heavy (non-hydrogen) atoms. The Balaban J connectivity index is 3.27. The largest absolute Gasteiger partial charge is 0.281 e. The molecule has 0 saturated carbocycles. The van der Waals surface area contributed by atoms with Crippen molar-refractivity contribution in [2.45, 2.75) is 11.8 Å². The van der Waals surface area contributed by atoms with E-state index in [1.165, 1.54) is 6.20 Å². The molecule has 0 N–H and O–H groups in total. The number of alkyl halides is 3. The second-order valence-corrected chi connectivity index (χ2v) is 4.32. The minimum absolute atomic E-state index is 0.0544. The van der Waals surface area contributed by atoms with Crippen LogP contribution in [0.2, 0.25) is 5.02 Å². The third-order valence-corrected chi connectivity index (χ3v) is 3.35. The first-order chi connectivity index (χ1) is 6.07. The maximum absolute atomic E-state index is 12.3. The first-order valence-corrected chi connectivity index (χ1v) is 5.82. The average Bonchev–Trinajstić information content (AvgIpc) is 2.04. The number of halogens is 5. The highest BCUT2D eigenvalue weighted by Crippen LogP contribution is 2.31. The van der Waals surface area contributed by atoms with Crippen molar-refractivity contribution in [3.8, 4) is 0 Å². The zero-order chi connectivity index (χ0) is 10.0. The van der Waals surface area contributed by atoms with Crippen LogP contribution in [-0.4, -0.2) is 4.98 Å². The first-order valence-electron chi connectivity index (χ1n) is 3.24. The highest BCUT2D eigenvalue weighted by molar-refractivity contribution is 14.1. The zero-order valence-electron chi connectivity index (χ0n) is 6.20. The van der Waals surface area contributed by atoms with Crippen LogP contribution in [0.3, 0.4) is 0 Å². The van der Waals surface area contributed by atoms with Gasteiger partial charge in [-0.1, -0.05) is 27.5 Å². The Labute approximate surface area is 101 Å². The van der Waals surface area contributed by atoms with Gasteiger partial charge in [-0.15, -0.1) is 0 Å². The summed E-state index contributed by atoms with van der Waals surface area (Å²) in [5, 5.41) is 0.505. The van der Waals surface area contributed by atoms with Gasteiger partial charge in [0, 0.05) is 15.1 Å². The van der Waals surface area contributed by atoms with E-state index in [1.54, 1.807) is 0 Å². The molecule has 0 fully saturated rings. The second kappa shape index (κ2) is 4.84. The van der Waals surface area contributed by atoms with E-state index in [-0.39, 0.29) is 10.7 Å². The molecule has 0 aliphatic carbocycles. The van der Waals surface area contributed by atoms with Crippen LogP contribution in [0.15, 0.2) is 6.20 Å². The molecule has 6 heteroatoms. The molecule has 1 heterocycles. The van der Waals surface area contributed by atoms with Gasteiger partial charge < -0.3 is 0 Å². The molecule has 0 unspecified atom stereocenters. The average molecular weight is 382 g/mol. The van der Waals surface area contributed by atoms with Crippen LogP contribution in [0.1, 0.15) is 17.7 Å². The molecule has 0 radical (unpaired) electrons. The Morgan fingerprint density at radius 2 is 2.23 bits per heavy atom. The minimum atomic E-state index is -2.62. The van der Waals surface area contributed by atoms with Gasteiger partial charge in [0.15, 0.2) is 0 Å². The Hall–Kier alpha value is 0.510. The summed E-state index contributed by atoms with van der Waals surface area (Å²) >= 11 is 10.9. The van der Waals surface area contributed by atoms with Crippen LogP contribution in [0.4, 0.5) is 8.78 Å². The Kier molecular flexibility index (Phi) is 4.31. The minimum Gasteiger partial charge on any atom is -0.253 e. The number of rotatable bonds is 2. The summed E-state index contributed by atoms with van der Waals surface area (Å²) in [6, 6.07) is 0. The van der Waals surface area contributed by atoms with Crippen molar-refractivity contribution in [3.63, 3.8) is 0 Å². The molecule has 0 aliphatic rings. The number of pyridine rings is 1. The Bertz CT molecular complexity index is 322. The van der Waals surface area contributed by atoms with Crippen molar-refractivity contribution in [3.05, 3.63) is 26.0 Å². The maximum Gasteiger partial charge on any atom is 0.281 e. The van der Waals surface area contributed by atoms with Crippen LogP contribution in [0.25, 0.3) is 0 Å². The lowest BCUT2D eigenvalue weighted by molar-refractivity contribution is 0.146. The molecule has 1 aromatic rings. The summed E-state index contributed by atoms with van der Waals surface area (Å²) in [7, 11) is 0. The van der Waals surface area contributed by atoms with Crippen LogP contribution in [0, 0.1) is 3.57 Å². The lowest BCUT2D eigenvalue weighted by Gasteiger charge is -2.07. The summed E-state index contributed by atoms with van der Waals surface area (Å²) in [5.41, 5.74) is 0.309. The molecule has 0 aliphatic heterocycles. The van der Waals surface area contributed by atoms with Crippen molar-refractivity contribution in [2.24, 2.45) is 0 Å². The Morgan fingerprint density at radius 1 is 1.62 bits per heavy atom. The topological polar surface area (TPSA) is 12.9 Å². The standard InChI is InChI=1S/C7H4BrClF2IN/c8-1-3-4(12)2-13-6(5(3)9)7(10)11/h2,7H,1H2. The maximum atomic E-state index is 12.3. The lowest BCUT2D eigenvalue weighted by Crippen LogP contribution is -1.97. The lowest BCUT2D eigenvalue weighted by atomic mass is 10.2. The van der Waals surface area contributed by atoms with Crippen LogP contribution < -0.4 is 0 Å². The molecule has 0 atom stereocenters. The van der Waals surface area contributed by atoms with Crippen molar-refractivity contribution in [2.75, 3.05) is 0 Å². The molecule has 1 rings (SSSR count). The normalized spacial score (nSPS) is 10.9. The fourth-order valence-corrected chi connectivity index (χ4v) is 3.12. The number of nitrogens with zero attached hydrogens (tertiary/aromatic N) is 1. The van der Waals surface area contributed by atoms with Crippen LogP contribution in [0.5, 0.6) is 0 Å². The van der Waals surface area contributed by atoms with Crippen LogP contribution >= 0.6 is 50.1 Å². The molecule has 1 aromatic heterocycles. The molecule has 0 aromatic carbocycles.